The second kappa shape index (κ2) is 8.32. The van der Waals surface area contributed by atoms with Crippen LogP contribution in [0.3, 0.4) is 0 Å². The lowest BCUT2D eigenvalue weighted by Crippen LogP contribution is -2.54. The van der Waals surface area contributed by atoms with Gasteiger partial charge in [0, 0.05) is 31.3 Å². The van der Waals surface area contributed by atoms with Gasteiger partial charge in [0.2, 0.25) is 5.91 Å². The van der Waals surface area contributed by atoms with E-state index in [4.69, 9.17) is 4.74 Å². The summed E-state index contributed by atoms with van der Waals surface area (Å²) >= 11 is 0. The fourth-order valence-corrected chi connectivity index (χ4v) is 4.04. The van der Waals surface area contributed by atoms with Gasteiger partial charge in [-0.15, -0.1) is 0 Å². The summed E-state index contributed by atoms with van der Waals surface area (Å²) in [4.78, 5) is 14.3. The molecule has 3 N–H and O–H groups in total. The first-order chi connectivity index (χ1) is 14.1. The van der Waals surface area contributed by atoms with Crippen molar-refractivity contribution < 1.29 is 9.53 Å². The number of nitrogens with one attached hydrogen (secondary N) is 3. The number of hydrazine groups is 1. The first-order valence-corrected chi connectivity index (χ1v) is 10.4. The van der Waals surface area contributed by atoms with Crippen LogP contribution in [0.25, 0.3) is 0 Å². The van der Waals surface area contributed by atoms with E-state index in [9.17, 15) is 4.79 Å². The number of amides is 1. The third-order valence-electron chi connectivity index (χ3n) is 5.93. The predicted octanol–water partition coefficient (Wildman–Crippen LogP) is 2.04. The van der Waals surface area contributed by atoms with Gasteiger partial charge in [-0.2, -0.15) is 5.10 Å². The van der Waals surface area contributed by atoms with E-state index < -0.39 is 0 Å². The van der Waals surface area contributed by atoms with Crippen LogP contribution in [0.4, 0.5) is 0 Å². The molecule has 0 bridgehead atoms. The Morgan fingerprint density at radius 1 is 1.34 bits per heavy atom. The molecule has 1 aromatic rings. The molecule has 3 aliphatic heterocycles. The maximum atomic E-state index is 12.1. The van der Waals surface area contributed by atoms with Gasteiger partial charge in [0.1, 0.15) is 17.8 Å². The molecule has 0 aromatic heterocycles. The van der Waals surface area contributed by atoms with Crippen molar-refractivity contribution in [1.29, 1.82) is 0 Å². The van der Waals surface area contributed by atoms with Crippen LogP contribution in [0.2, 0.25) is 0 Å². The van der Waals surface area contributed by atoms with Crippen molar-refractivity contribution in [3.05, 3.63) is 42.2 Å². The zero-order valence-electron chi connectivity index (χ0n) is 17.3. The van der Waals surface area contributed by atoms with Crippen molar-refractivity contribution in [2.75, 3.05) is 7.11 Å². The molecule has 3 aliphatic rings. The van der Waals surface area contributed by atoms with Crippen LogP contribution in [0.5, 0.6) is 5.75 Å². The zero-order valence-corrected chi connectivity index (χ0v) is 17.3. The second-order valence-electron chi connectivity index (χ2n) is 7.85. The third-order valence-corrected chi connectivity index (χ3v) is 5.93. The van der Waals surface area contributed by atoms with Crippen molar-refractivity contribution in [1.82, 2.24) is 26.1 Å². The van der Waals surface area contributed by atoms with Crippen molar-refractivity contribution in [2.24, 2.45) is 5.10 Å². The maximum Gasteiger partial charge on any atom is 0.220 e. The Balaban J connectivity index is 1.35. The zero-order chi connectivity index (χ0) is 20.4. The number of fused-ring (bicyclic) bond motifs is 3. The molecular weight excluding hydrogens is 368 g/mol. The maximum absolute atomic E-state index is 12.1. The van der Waals surface area contributed by atoms with E-state index in [2.05, 4.69) is 56.4 Å². The third kappa shape index (κ3) is 4.03. The Morgan fingerprint density at radius 3 is 2.86 bits per heavy atom. The number of ether oxygens (including phenoxy) is 1. The Morgan fingerprint density at radius 2 is 2.14 bits per heavy atom. The number of hydrazone groups is 1. The van der Waals surface area contributed by atoms with Crippen LogP contribution < -0.4 is 20.9 Å². The molecule has 4 atom stereocenters. The molecule has 0 saturated carbocycles. The van der Waals surface area contributed by atoms with Crippen molar-refractivity contribution in [3.8, 4) is 5.75 Å². The van der Waals surface area contributed by atoms with Gasteiger partial charge in [0.25, 0.3) is 0 Å². The molecule has 1 fully saturated rings. The van der Waals surface area contributed by atoms with E-state index in [1.54, 1.807) is 7.11 Å². The molecule has 0 aliphatic carbocycles. The summed E-state index contributed by atoms with van der Waals surface area (Å²) in [5.74, 6) is 1.86. The largest absolute Gasteiger partial charge is 0.497 e. The molecule has 8 nitrogen and oxygen atoms in total. The minimum Gasteiger partial charge on any atom is -0.497 e. The lowest BCUT2D eigenvalue weighted by atomic mass is 9.99. The first kappa shape index (κ1) is 19.6. The van der Waals surface area contributed by atoms with Crippen LogP contribution >= 0.6 is 0 Å². The quantitative estimate of drug-likeness (QED) is 0.652. The molecular formula is C21H30N6O2. The summed E-state index contributed by atoms with van der Waals surface area (Å²) in [6, 6.07) is 8.91. The number of rotatable bonds is 7. The van der Waals surface area contributed by atoms with Crippen LogP contribution in [0, 0.1) is 0 Å². The standard InChI is InChI=1S/C21H30N6O2/c1-4-14(2)22-20(28)10-9-19-23-24-21-18-13-17(25-27(18)12-11-26(19)21)15-5-7-16(29-3)8-6-15/h5-8,11-12,14,17-18,21,24-25H,4,9-10,13H2,1-3H3,(H,22,28)/t14-,17?,18?,21?/m1/s1. The smallest absolute Gasteiger partial charge is 0.220 e. The highest BCUT2D eigenvalue weighted by Crippen LogP contribution is 2.34. The number of carbonyl (C=O) groups is 1. The molecule has 3 unspecified atom stereocenters. The highest BCUT2D eigenvalue weighted by Gasteiger charge is 2.44. The Bertz CT molecular complexity index is 793. The number of hydrogen-bond donors (Lipinski definition) is 3. The number of nitrogens with zero attached hydrogens (tertiary/aromatic N) is 3. The molecule has 0 radical (unpaired) electrons. The van der Waals surface area contributed by atoms with Crippen LogP contribution in [-0.4, -0.2) is 47.0 Å². The Labute approximate surface area is 171 Å². The van der Waals surface area contributed by atoms with E-state index in [-0.39, 0.29) is 30.2 Å². The van der Waals surface area contributed by atoms with Gasteiger partial charge in [-0.05, 0) is 37.5 Å². The van der Waals surface area contributed by atoms with Gasteiger partial charge in [0.15, 0.2) is 0 Å². The lowest BCUT2D eigenvalue weighted by Gasteiger charge is -2.37. The number of hydrogen-bond acceptors (Lipinski definition) is 7. The first-order valence-electron chi connectivity index (χ1n) is 10.4. The van der Waals surface area contributed by atoms with Crippen molar-refractivity contribution in [2.45, 2.75) is 63.8 Å². The number of carbonyl (C=O) groups excluding carboxylic acids is 1. The monoisotopic (exact) mass is 398 g/mol. The summed E-state index contributed by atoms with van der Waals surface area (Å²) in [6.45, 7) is 4.09. The second-order valence-corrected chi connectivity index (χ2v) is 7.85. The van der Waals surface area contributed by atoms with Crippen LogP contribution in [0.1, 0.15) is 51.1 Å². The van der Waals surface area contributed by atoms with E-state index in [0.29, 0.717) is 12.8 Å². The van der Waals surface area contributed by atoms with Crippen LogP contribution in [0.15, 0.2) is 41.8 Å². The Hall–Kier alpha value is -2.74. The molecule has 8 heteroatoms. The van der Waals surface area contributed by atoms with E-state index in [1.807, 2.05) is 25.3 Å². The summed E-state index contributed by atoms with van der Waals surface area (Å²) in [7, 11) is 1.68. The molecule has 3 heterocycles. The average molecular weight is 399 g/mol. The summed E-state index contributed by atoms with van der Waals surface area (Å²) in [6.07, 6.45) is 7.14. The molecule has 156 valence electrons. The van der Waals surface area contributed by atoms with Gasteiger partial charge in [-0.3, -0.25) is 10.2 Å². The minimum absolute atomic E-state index is 0.0726. The summed E-state index contributed by atoms with van der Waals surface area (Å²) in [5, 5.41) is 9.70. The van der Waals surface area contributed by atoms with E-state index in [0.717, 1.165) is 24.4 Å². The fourth-order valence-electron chi connectivity index (χ4n) is 4.04. The summed E-state index contributed by atoms with van der Waals surface area (Å²) in [5.41, 5.74) is 8.09. The number of amidine groups is 1. The minimum atomic E-state index is 0.0726. The van der Waals surface area contributed by atoms with Gasteiger partial charge >= 0.3 is 0 Å². The van der Waals surface area contributed by atoms with E-state index >= 15 is 0 Å². The lowest BCUT2D eigenvalue weighted by molar-refractivity contribution is -0.121. The average Bonchev–Trinajstić information content (AvgIpc) is 3.36. The summed E-state index contributed by atoms with van der Waals surface area (Å²) < 4.78 is 5.26. The molecule has 1 amide bonds. The fraction of sp³-hybridized carbons (Fsp3) is 0.524. The molecule has 1 saturated heterocycles. The van der Waals surface area contributed by atoms with Gasteiger partial charge in [0.05, 0.1) is 19.2 Å². The SMILES string of the molecule is CC[C@@H](C)NC(=O)CCC1=NNC2C3CC(c4ccc(OC)cc4)NN3C=CN12. The van der Waals surface area contributed by atoms with Crippen molar-refractivity contribution in [3.63, 3.8) is 0 Å². The highest BCUT2D eigenvalue weighted by atomic mass is 16.5. The van der Waals surface area contributed by atoms with Crippen molar-refractivity contribution >= 4 is 11.7 Å². The predicted molar refractivity (Wildman–Crippen MR) is 112 cm³/mol. The number of methoxy groups -OCH3 is 1. The molecule has 0 spiro atoms. The Kier molecular flexibility index (Phi) is 5.62. The molecule has 1 aromatic carbocycles. The normalized spacial score (nSPS) is 25.8. The van der Waals surface area contributed by atoms with Gasteiger partial charge in [-0.25, -0.2) is 5.43 Å². The van der Waals surface area contributed by atoms with Gasteiger partial charge in [-0.1, -0.05) is 19.1 Å². The topological polar surface area (TPSA) is 81.2 Å². The van der Waals surface area contributed by atoms with Crippen LogP contribution in [-0.2, 0) is 4.79 Å². The molecule has 4 rings (SSSR count). The van der Waals surface area contributed by atoms with E-state index in [1.165, 1.54) is 5.56 Å². The number of benzene rings is 1. The molecule has 29 heavy (non-hydrogen) atoms. The highest BCUT2D eigenvalue weighted by molar-refractivity contribution is 5.89. The van der Waals surface area contributed by atoms with Gasteiger partial charge < -0.3 is 20.0 Å².